The van der Waals surface area contributed by atoms with Gasteiger partial charge in [-0.15, -0.1) is 23.2 Å². The number of rotatable bonds is 4. The summed E-state index contributed by atoms with van der Waals surface area (Å²) in [7, 11) is 0. The van der Waals surface area contributed by atoms with Gasteiger partial charge in [0.05, 0.1) is 24.8 Å². The summed E-state index contributed by atoms with van der Waals surface area (Å²) in [6, 6.07) is 5.20. The lowest BCUT2D eigenvalue weighted by Crippen LogP contribution is -2.42. The van der Waals surface area contributed by atoms with E-state index >= 15 is 0 Å². The Bertz CT molecular complexity index is 593. The molecule has 0 aromatic heterocycles. The lowest BCUT2D eigenvalue weighted by Gasteiger charge is -2.28. The van der Waals surface area contributed by atoms with Crippen molar-refractivity contribution in [1.82, 2.24) is 4.90 Å². The van der Waals surface area contributed by atoms with Crippen LogP contribution in [0, 0.1) is 5.92 Å². The minimum atomic E-state index is -0.668. The van der Waals surface area contributed by atoms with Gasteiger partial charge in [-0.25, -0.2) is 0 Å². The molecule has 1 atom stereocenters. The Labute approximate surface area is 155 Å². The number of nitrogens with zero attached hydrogens (tertiary/aromatic N) is 1. The van der Waals surface area contributed by atoms with Gasteiger partial charge in [-0.05, 0) is 30.8 Å². The van der Waals surface area contributed by atoms with Gasteiger partial charge in [0.2, 0.25) is 0 Å². The number of morpholine rings is 1. The maximum atomic E-state index is 6.15. The number of thiocarbonyl (C=S) groups is 1. The third-order valence-corrected chi connectivity index (χ3v) is 5.35. The molecular formula is C15H16Cl3NO3S. The van der Waals surface area contributed by atoms with Crippen LogP contribution in [0.1, 0.15) is 6.42 Å². The van der Waals surface area contributed by atoms with E-state index in [-0.39, 0.29) is 5.92 Å². The second kappa shape index (κ2) is 7.19. The molecule has 2 aliphatic rings. The average Bonchev–Trinajstić information content (AvgIpc) is 3.15. The molecule has 1 aliphatic heterocycles. The highest BCUT2D eigenvalue weighted by molar-refractivity contribution is 7.80. The number of halogens is 3. The first kappa shape index (κ1) is 17.4. The lowest BCUT2D eigenvalue weighted by molar-refractivity contribution is 0.0631. The molecule has 0 radical (unpaired) electrons. The molecule has 1 aliphatic carbocycles. The van der Waals surface area contributed by atoms with E-state index in [0.29, 0.717) is 41.5 Å². The first-order valence-electron chi connectivity index (χ1n) is 7.30. The fourth-order valence-corrected chi connectivity index (χ4v) is 3.16. The topological polar surface area (TPSA) is 30.9 Å². The molecule has 0 bridgehead atoms. The molecule has 2 fully saturated rings. The third kappa shape index (κ3) is 4.54. The first-order valence-corrected chi connectivity index (χ1v) is 8.84. The molecule has 1 unspecified atom stereocenters. The molecule has 1 saturated heterocycles. The zero-order valence-corrected chi connectivity index (χ0v) is 15.4. The van der Waals surface area contributed by atoms with Gasteiger partial charge in [-0.2, -0.15) is 0 Å². The highest BCUT2D eigenvalue weighted by Crippen LogP contribution is 2.53. The van der Waals surface area contributed by atoms with Gasteiger partial charge >= 0.3 is 0 Å². The van der Waals surface area contributed by atoms with Crippen molar-refractivity contribution in [1.29, 1.82) is 0 Å². The number of hydrogen-bond acceptors (Lipinski definition) is 4. The van der Waals surface area contributed by atoms with Crippen molar-refractivity contribution in [3.63, 3.8) is 0 Å². The zero-order valence-electron chi connectivity index (χ0n) is 12.3. The summed E-state index contributed by atoms with van der Waals surface area (Å²) >= 11 is 23.5. The third-order valence-electron chi connectivity index (χ3n) is 3.77. The summed E-state index contributed by atoms with van der Waals surface area (Å²) in [6.07, 6.45) is 0.727. The predicted octanol–water partition coefficient (Wildman–Crippen LogP) is 3.91. The van der Waals surface area contributed by atoms with Crippen molar-refractivity contribution >= 4 is 52.2 Å². The minimum Gasteiger partial charge on any atom is -0.491 e. The Hall–Kier alpha value is -0.460. The second-order valence-corrected chi connectivity index (χ2v) is 7.83. The molecule has 126 valence electrons. The Morgan fingerprint density at radius 3 is 2.70 bits per heavy atom. The van der Waals surface area contributed by atoms with Gasteiger partial charge in [0.15, 0.2) is 0 Å². The molecule has 3 rings (SSSR count). The summed E-state index contributed by atoms with van der Waals surface area (Å²) in [5.41, 5.74) is 0. The normalized spacial score (nSPS) is 22.6. The van der Waals surface area contributed by atoms with Crippen molar-refractivity contribution < 1.29 is 14.2 Å². The van der Waals surface area contributed by atoms with E-state index in [1.54, 1.807) is 18.2 Å². The fraction of sp³-hybridized carbons (Fsp3) is 0.533. The molecule has 0 spiro atoms. The highest BCUT2D eigenvalue weighted by atomic mass is 35.5. The van der Waals surface area contributed by atoms with E-state index in [0.717, 1.165) is 19.5 Å². The van der Waals surface area contributed by atoms with Crippen LogP contribution in [-0.4, -0.2) is 47.3 Å². The number of ether oxygens (including phenoxy) is 3. The minimum absolute atomic E-state index is 0.126. The van der Waals surface area contributed by atoms with Crippen LogP contribution in [0.25, 0.3) is 0 Å². The molecule has 4 nitrogen and oxygen atoms in total. The van der Waals surface area contributed by atoms with Crippen molar-refractivity contribution in [2.45, 2.75) is 10.8 Å². The van der Waals surface area contributed by atoms with Crippen LogP contribution in [0.4, 0.5) is 0 Å². The standard InChI is InChI=1S/C15H16Cl3NO3S/c16-12-2-1-11(22-14(23)19-3-5-20-6-4-19)7-13(12)21-9-10-8-15(10,17)18/h1-2,7,10H,3-6,8-9H2. The van der Waals surface area contributed by atoms with Crippen LogP contribution in [0.15, 0.2) is 18.2 Å². The average molecular weight is 397 g/mol. The van der Waals surface area contributed by atoms with E-state index in [4.69, 9.17) is 61.2 Å². The summed E-state index contributed by atoms with van der Waals surface area (Å²) < 4.78 is 16.1. The molecule has 1 heterocycles. The molecule has 0 amide bonds. The summed E-state index contributed by atoms with van der Waals surface area (Å²) in [6.45, 7) is 3.18. The van der Waals surface area contributed by atoms with Gasteiger partial charge in [0.1, 0.15) is 15.8 Å². The van der Waals surface area contributed by atoms with E-state index < -0.39 is 4.33 Å². The van der Waals surface area contributed by atoms with Crippen molar-refractivity contribution in [2.75, 3.05) is 32.9 Å². The van der Waals surface area contributed by atoms with Crippen molar-refractivity contribution in [3.05, 3.63) is 23.2 Å². The zero-order chi connectivity index (χ0) is 16.4. The van der Waals surface area contributed by atoms with Gasteiger partial charge < -0.3 is 19.1 Å². The van der Waals surface area contributed by atoms with Crippen LogP contribution in [0.5, 0.6) is 11.5 Å². The highest BCUT2D eigenvalue weighted by Gasteiger charge is 2.52. The molecule has 1 aromatic rings. The summed E-state index contributed by atoms with van der Waals surface area (Å²) in [5.74, 6) is 1.24. The Morgan fingerprint density at radius 1 is 1.35 bits per heavy atom. The number of hydrogen-bond donors (Lipinski definition) is 0. The molecular weight excluding hydrogens is 381 g/mol. The maximum absolute atomic E-state index is 6.15. The van der Waals surface area contributed by atoms with Crippen molar-refractivity contribution in [3.8, 4) is 11.5 Å². The van der Waals surface area contributed by atoms with Gasteiger partial charge in [0, 0.05) is 25.1 Å². The number of alkyl halides is 2. The van der Waals surface area contributed by atoms with E-state index in [1.807, 2.05) is 4.90 Å². The number of benzene rings is 1. The van der Waals surface area contributed by atoms with Crippen LogP contribution >= 0.6 is 47.0 Å². The van der Waals surface area contributed by atoms with Crippen LogP contribution < -0.4 is 9.47 Å². The molecule has 0 N–H and O–H groups in total. The largest absolute Gasteiger partial charge is 0.491 e. The monoisotopic (exact) mass is 395 g/mol. The molecule has 23 heavy (non-hydrogen) atoms. The lowest BCUT2D eigenvalue weighted by atomic mass is 10.3. The van der Waals surface area contributed by atoms with Crippen LogP contribution in [-0.2, 0) is 4.74 Å². The van der Waals surface area contributed by atoms with Crippen molar-refractivity contribution in [2.24, 2.45) is 5.92 Å². The van der Waals surface area contributed by atoms with Gasteiger partial charge in [0.25, 0.3) is 5.17 Å². The predicted molar refractivity (Wildman–Crippen MR) is 95.1 cm³/mol. The quantitative estimate of drug-likeness (QED) is 0.569. The molecule has 8 heteroatoms. The summed E-state index contributed by atoms with van der Waals surface area (Å²) in [4.78, 5) is 1.97. The SMILES string of the molecule is S=C(Oc1ccc(Cl)c(OCC2CC2(Cl)Cl)c1)N1CCOCC1. The Balaban J connectivity index is 1.59. The Kier molecular flexibility index (Phi) is 5.43. The molecule has 1 saturated carbocycles. The fourth-order valence-electron chi connectivity index (χ4n) is 2.21. The van der Waals surface area contributed by atoms with Crippen LogP contribution in [0.3, 0.4) is 0 Å². The van der Waals surface area contributed by atoms with E-state index in [1.165, 1.54) is 0 Å². The van der Waals surface area contributed by atoms with E-state index in [9.17, 15) is 0 Å². The second-order valence-electron chi connectivity index (χ2n) is 5.53. The molecule has 1 aromatic carbocycles. The summed E-state index contributed by atoms with van der Waals surface area (Å²) in [5, 5.41) is 0.925. The smallest absolute Gasteiger partial charge is 0.265 e. The van der Waals surface area contributed by atoms with Gasteiger partial charge in [-0.3, -0.25) is 0 Å². The first-order chi connectivity index (χ1) is 11.0. The van der Waals surface area contributed by atoms with Crippen LogP contribution in [0.2, 0.25) is 5.02 Å². The maximum Gasteiger partial charge on any atom is 0.265 e. The Morgan fingerprint density at radius 2 is 2.04 bits per heavy atom. The van der Waals surface area contributed by atoms with Gasteiger partial charge in [-0.1, -0.05) is 11.6 Å². The van der Waals surface area contributed by atoms with E-state index in [2.05, 4.69) is 0 Å².